The summed E-state index contributed by atoms with van der Waals surface area (Å²) in [5.74, 6) is 0.110. The number of hydrogen-bond donors (Lipinski definition) is 3. The zero-order chi connectivity index (χ0) is 20.8. The third-order valence-electron chi connectivity index (χ3n) is 4.34. The number of aromatic nitrogens is 3. The van der Waals surface area contributed by atoms with E-state index in [0.717, 1.165) is 22.6 Å². The van der Waals surface area contributed by atoms with E-state index >= 15 is 0 Å². The average molecular weight is 394 g/mol. The lowest BCUT2D eigenvalue weighted by atomic mass is 10.1. The second kappa shape index (κ2) is 8.87. The third-order valence-corrected chi connectivity index (χ3v) is 4.34. The molecule has 0 aliphatic heterocycles. The first-order chi connectivity index (χ1) is 14.0. The number of ether oxygens (including phenoxy) is 1. The van der Waals surface area contributed by atoms with Gasteiger partial charge in [-0.15, -0.1) is 5.10 Å². The van der Waals surface area contributed by atoms with Crippen LogP contribution in [-0.4, -0.2) is 34.0 Å². The molecular formula is C20H22N6O3. The number of carbonyl (C=O) groups is 2. The smallest absolute Gasteiger partial charge is 0.315 e. The molecule has 0 fully saturated rings. The summed E-state index contributed by atoms with van der Waals surface area (Å²) in [7, 11) is 1.60. The predicted molar refractivity (Wildman–Crippen MR) is 107 cm³/mol. The lowest BCUT2D eigenvalue weighted by molar-refractivity contribution is 0.0995. The van der Waals surface area contributed by atoms with Gasteiger partial charge in [0.25, 0.3) is 5.91 Å². The number of nitrogens with two attached hydrogens (primary N) is 1. The number of carbonyl (C=O) groups excluding carboxylic acids is 2. The number of benzene rings is 2. The van der Waals surface area contributed by atoms with Crippen molar-refractivity contribution in [1.29, 1.82) is 0 Å². The van der Waals surface area contributed by atoms with Gasteiger partial charge >= 0.3 is 6.03 Å². The van der Waals surface area contributed by atoms with Crippen molar-refractivity contribution in [2.24, 2.45) is 5.73 Å². The molecule has 0 saturated heterocycles. The molecule has 0 saturated carbocycles. The summed E-state index contributed by atoms with van der Waals surface area (Å²) in [6.07, 6.45) is 1.46. The van der Waals surface area contributed by atoms with Gasteiger partial charge in [0.15, 0.2) is 5.69 Å². The number of urea groups is 1. The molecule has 3 rings (SSSR count). The molecule has 0 bridgehead atoms. The number of rotatable bonds is 7. The lowest BCUT2D eigenvalue weighted by Crippen LogP contribution is -2.36. The van der Waals surface area contributed by atoms with Crippen molar-refractivity contribution < 1.29 is 14.3 Å². The Hall–Kier alpha value is -3.88. The largest absolute Gasteiger partial charge is 0.497 e. The number of methoxy groups -OCH3 is 1. The molecule has 1 heterocycles. The van der Waals surface area contributed by atoms with Gasteiger partial charge < -0.3 is 21.1 Å². The van der Waals surface area contributed by atoms with Crippen molar-refractivity contribution in [1.82, 2.24) is 25.6 Å². The minimum Gasteiger partial charge on any atom is -0.497 e. The molecule has 3 amide bonds. The molecular weight excluding hydrogens is 372 g/mol. The summed E-state index contributed by atoms with van der Waals surface area (Å²) in [4.78, 5) is 23.3. The Morgan fingerprint density at radius 1 is 1.21 bits per heavy atom. The van der Waals surface area contributed by atoms with Gasteiger partial charge in [-0.25, -0.2) is 9.48 Å². The van der Waals surface area contributed by atoms with Crippen LogP contribution in [0.3, 0.4) is 0 Å². The van der Waals surface area contributed by atoms with Crippen molar-refractivity contribution in [3.05, 3.63) is 71.5 Å². The zero-order valence-electron chi connectivity index (χ0n) is 16.1. The molecule has 150 valence electrons. The van der Waals surface area contributed by atoms with E-state index in [2.05, 4.69) is 20.9 Å². The molecule has 2 aromatic carbocycles. The van der Waals surface area contributed by atoms with Gasteiger partial charge in [0, 0.05) is 6.54 Å². The molecule has 0 aliphatic carbocycles. The van der Waals surface area contributed by atoms with E-state index in [1.165, 1.54) is 10.9 Å². The highest BCUT2D eigenvalue weighted by atomic mass is 16.5. The van der Waals surface area contributed by atoms with E-state index in [0.29, 0.717) is 6.54 Å². The SMILES string of the molecule is COc1cccc(CNC(=O)NC(C)c2ccc(-n3cc(C(N)=O)nn3)cc2)c1. The number of amides is 3. The van der Waals surface area contributed by atoms with E-state index < -0.39 is 5.91 Å². The summed E-state index contributed by atoms with van der Waals surface area (Å²) < 4.78 is 6.64. The van der Waals surface area contributed by atoms with Gasteiger partial charge in [-0.1, -0.05) is 29.5 Å². The molecule has 0 radical (unpaired) electrons. The lowest BCUT2D eigenvalue weighted by Gasteiger charge is -2.16. The zero-order valence-corrected chi connectivity index (χ0v) is 16.1. The van der Waals surface area contributed by atoms with Crippen LogP contribution < -0.4 is 21.1 Å². The molecule has 1 aromatic heterocycles. The number of primary amides is 1. The summed E-state index contributed by atoms with van der Waals surface area (Å²) in [6, 6.07) is 14.4. The molecule has 3 aromatic rings. The van der Waals surface area contributed by atoms with Crippen LogP contribution >= 0.6 is 0 Å². The van der Waals surface area contributed by atoms with Crippen molar-refractivity contribution in [2.45, 2.75) is 19.5 Å². The second-order valence-corrected chi connectivity index (χ2v) is 6.40. The van der Waals surface area contributed by atoms with E-state index in [1.54, 1.807) is 7.11 Å². The summed E-state index contributed by atoms with van der Waals surface area (Å²) in [5, 5.41) is 13.3. The van der Waals surface area contributed by atoms with Gasteiger partial charge in [0.05, 0.1) is 25.0 Å². The first kappa shape index (κ1) is 19.9. The van der Waals surface area contributed by atoms with Crippen molar-refractivity contribution in [3.63, 3.8) is 0 Å². The molecule has 4 N–H and O–H groups in total. The van der Waals surface area contributed by atoms with Crippen LogP contribution in [0.1, 0.15) is 34.6 Å². The minimum absolute atomic E-state index is 0.0943. The third kappa shape index (κ3) is 5.10. The summed E-state index contributed by atoms with van der Waals surface area (Å²) in [6.45, 7) is 2.28. The Morgan fingerprint density at radius 2 is 1.97 bits per heavy atom. The van der Waals surface area contributed by atoms with Crippen LogP contribution in [0.5, 0.6) is 5.75 Å². The fraction of sp³-hybridized carbons (Fsp3) is 0.200. The maximum absolute atomic E-state index is 12.2. The van der Waals surface area contributed by atoms with Crippen LogP contribution in [0.25, 0.3) is 5.69 Å². The topological polar surface area (TPSA) is 124 Å². The van der Waals surface area contributed by atoms with Gasteiger partial charge in [0.2, 0.25) is 0 Å². The maximum atomic E-state index is 12.2. The second-order valence-electron chi connectivity index (χ2n) is 6.40. The molecule has 1 atom stereocenters. The van der Waals surface area contributed by atoms with Gasteiger partial charge in [-0.2, -0.15) is 0 Å². The van der Waals surface area contributed by atoms with Crippen LogP contribution in [-0.2, 0) is 6.54 Å². The van der Waals surface area contributed by atoms with Gasteiger partial charge in [0.1, 0.15) is 5.75 Å². The number of hydrogen-bond acceptors (Lipinski definition) is 5. The monoisotopic (exact) mass is 394 g/mol. The van der Waals surface area contributed by atoms with Crippen LogP contribution in [0.15, 0.2) is 54.7 Å². The molecule has 0 spiro atoms. The molecule has 0 aliphatic rings. The molecule has 1 unspecified atom stereocenters. The van der Waals surface area contributed by atoms with Gasteiger partial charge in [-0.3, -0.25) is 4.79 Å². The first-order valence-electron chi connectivity index (χ1n) is 8.96. The summed E-state index contributed by atoms with van der Waals surface area (Å²) in [5.41, 5.74) is 7.87. The van der Waals surface area contributed by atoms with E-state index in [1.807, 2.05) is 55.5 Å². The quantitative estimate of drug-likeness (QED) is 0.565. The van der Waals surface area contributed by atoms with Crippen molar-refractivity contribution in [3.8, 4) is 11.4 Å². The average Bonchev–Trinajstić information content (AvgIpc) is 3.23. The Balaban J connectivity index is 1.56. The van der Waals surface area contributed by atoms with E-state index in [4.69, 9.17) is 10.5 Å². The Morgan fingerprint density at radius 3 is 2.62 bits per heavy atom. The minimum atomic E-state index is -0.634. The van der Waals surface area contributed by atoms with E-state index in [9.17, 15) is 9.59 Å². The van der Waals surface area contributed by atoms with Crippen LogP contribution in [0, 0.1) is 0 Å². The Kier molecular flexibility index (Phi) is 6.08. The van der Waals surface area contributed by atoms with Gasteiger partial charge in [-0.05, 0) is 42.3 Å². The first-order valence-corrected chi connectivity index (χ1v) is 8.96. The van der Waals surface area contributed by atoms with Crippen molar-refractivity contribution in [2.75, 3.05) is 7.11 Å². The van der Waals surface area contributed by atoms with Crippen LogP contribution in [0.2, 0.25) is 0 Å². The number of nitrogens with zero attached hydrogens (tertiary/aromatic N) is 3. The fourth-order valence-electron chi connectivity index (χ4n) is 2.71. The van der Waals surface area contributed by atoms with E-state index in [-0.39, 0.29) is 17.8 Å². The highest BCUT2D eigenvalue weighted by molar-refractivity contribution is 5.90. The highest BCUT2D eigenvalue weighted by Gasteiger charge is 2.11. The highest BCUT2D eigenvalue weighted by Crippen LogP contribution is 2.16. The maximum Gasteiger partial charge on any atom is 0.315 e. The number of nitrogens with one attached hydrogen (secondary N) is 2. The Bertz CT molecular complexity index is 999. The molecule has 9 heteroatoms. The summed E-state index contributed by atoms with van der Waals surface area (Å²) >= 11 is 0. The van der Waals surface area contributed by atoms with Crippen LogP contribution in [0.4, 0.5) is 4.79 Å². The normalized spacial score (nSPS) is 11.5. The predicted octanol–water partition coefficient (Wildman–Crippen LogP) is 1.94. The van der Waals surface area contributed by atoms with Crippen molar-refractivity contribution >= 4 is 11.9 Å². The molecule has 9 nitrogen and oxygen atoms in total. The Labute approximate surface area is 167 Å². The standard InChI is InChI=1S/C20H22N6O3/c1-13(23-20(28)22-11-14-4-3-5-17(10-14)29-2)15-6-8-16(9-7-15)26-12-18(19(21)27)24-25-26/h3-10,12-13H,11H2,1-2H3,(H2,21,27)(H2,22,23,28). The molecule has 29 heavy (non-hydrogen) atoms. The fourth-order valence-corrected chi connectivity index (χ4v) is 2.71.